The van der Waals surface area contributed by atoms with Crippen molar-refractivity contribution in [2.45, 2.75) is 12.7 Å². The zero-order valence-corrected chi connectivity index (χ0v) is 9.88. The minimum absolute atomic E-state index is 0.271. The third-order valence-electron chi connectivity index (χ3n) is 1.59. The summed E-state index contributed by atoms with van der Waals surface area (Å²) in [7, 11) is -3.12. The molecule has 84 valence electrons. The molecule has 0 bridgehead atoms. The molecule has 0 aromatic heterocycles. The van der Waals surface area contributed by atoms with Crippen LogP contribution in [-0.2, 0) is 25.1 Å². The highest BCUT2D eigenvalue weighted by Gasteiger charge is 2.10. The summed E-state index contributed by atoms with van der Waals surface area (Å²) in [4.78, 5) is 0. The molecule has 0 aliphatic heterocycles. The lowest BCUT2D eigenvalue weighted by Gasteiger charge is -2.01. The second-order valence-corrected chi connectivity index (χ2v) is 6.22. The zero-order chi connectivity index (χ0) is 11.3. The Hall–Kier alpha value is -0.690. The number of ether oxygens (including phenoxy) is 1. The van der Waals surface area contributed by atoms with E-state index < -0.39 is 9.05 Å². The van der Waals surface area contributed by atoms with Crippen LogP contribution >= 0.6 is 0 Å². The highest BCUT2D eigenvalue weighted by atomic mass is 32.9. The van der Waals surface area contributed by atoms with E-state index in [9.17, 15) is 4.21 Å². The summed E-state index contributed by atoms with van der Waals surface area (Å²) in [6.07, 6.45) is 0. The van der Waals surface area contributed by atoms with E-state index in [1.807, 2.05) is 13.0 Å². The lowest BCUT2D eigenvalue weighted by molar-refractivity contribution is 0.340. The highest BCUT2D eigenvalue weighted by Crippen LogP contribution is 2.13. The maximum atomic E-state index is 10.6. The van der Waals surface area contributed by atoms with Gasteiger partial charge in [0.25, 0.3) is 10.3 Å². The molecule has 1 aromatic rings. The first-order valence-corrected chi connectivity index (χ1v) is 7.34. The molecule has 6 heteroatoms. The highest BCUT2D eigenvalue weighted by molar-refractivity contribution is 8.33. The molecular weight excluding hydrogens is 236 g/mol. The van der Waals surface area contributed by atoms with Gasteiger partial charge in [-0.1, -0.05) is 12.1 Å². The molecular formula is C9H13O4S2+. The summed E-state index contributed by atoms with van der Waals surface area (Å²) in [5, 5.41) is 0. The van der Waals surface area contributed by atoms with Gasteiger partial charge in [-0.2, -0.15) is 4.21 Å². The Kier molecular flexibility index (Phi) is 4.46. The number of hydrogen-bond donors (Lipinski definition) is 2. The van der Waals surface area contributed by atoms with Gasteiger partial charge in [0, 0.05) is 5.56 Å². The zero-order valence-electron chi connectivity index (χ0n) is 8.25. The summed E-state index contributed by atoms with van der Waals surface area (Å²) < 4.78 is 33.2. The Labute approximate surface area is 92.6 Å². The Bertz CT molecular complexity index is 427. The van der Waals surface area contributed by atoms with E-state index in [0.717, 1.165) is 11.3 Å². The topological polar surface area (TPSA) is 66.8 Å². The monoisotopic (exact) mass is 249 g/mol. The first-order valence-electron chi connectivity index (χ1n) is 4.36. The van der Waals surface area contributed by atoms with Crippen LogP contribution < -0.4 is 4.74 Å². The van der Waals surface area contributed by atoms with E-state index in [1.54, 1.807) is 18.2 Å². The van der Waals surface area contributed by atoms with Crippen molar-refractivity contribution in [1.82, 2.24) is 0 Å². The summed E-state index contributed by atoms with van der Waals surface area (Å²) >= 11 is 0. The van der Waals surface area contributed by atoms with Crippen molar-refractivity contribution in [3.8, 4) is 5.75 Å². The Balaban J connectivity index is 2.78. The molecule has 2 N–H and O–H groups in total. The molecule has 0 atom stereocenters. The summed E-state index contributed by atoms with van der Waals surface area (Å²) in [5.41, 5.74) is 0.835. The molecule has 4 nitrogen and oxygen atoms in total. The van der Waals surface area contributed by atoms with Gasteiger partial charge < -0.3 is 4.74 Å². The predicted molar refractivity (Wildman–Crippen MR) is 62.1 cm³/mol. The van der Waals surface area contributed by atoms with Crippen molar-refractivity contribution in [3.63, 3.8) is 0 Å². The van der Waals surface area contributed by atoms with E-state index >= 15 is 0 Å². The van der Waals surface area contributed by atoms with E-state index in [-0.39, 0.29) is 5.75 Å². The molecule has 0 radical (unpaired) electrons. The fourth-order valence-electron chi connectivity index (χ4n) is 1.04. The Morgan fingerprint density at radius 2 is 2.20 bits per heavy atom. The standard InChI is InChI=1S/C9H12O4S2/c1-2-13-9-5-3-4-8(6-9)7-14-15(10,11)12/h3-6H,2,7H2,1H3,(H-,10,11,12)/p+1. The van der Waals surface area contributed by atoms with E-state index in [1.165, 1.54) is 0 Å². The Morgan fingerprint density at radius 1 is 1.47 bits per heavy atom. The van der Waals surface area contributed by atoms with Crippen LogP contribution in [0.1, 0.15) is 12.5 Å². The summed E-state index contributed by atoms with van der Waals surface area (Å²) in [6, 6.07) is 7.20. The first kappa shape index (κ1) is 12.4. The van der Waals surface area contributed by atoms with Crippen molar-refractivity contribution in [3.05, 3.63) is 29.8 Å². The maximum Gasteiger partial charge on any atom is 0.430 e. The van der Waals surface area contributed by atoms with Gasteiger partial charge in [-0.05, 0) is 19.1 Å². The third kappa shape index (κ3) is 5.08. The third-order valence-corrected chi connectivity index (χ3v) is 3.62. The second-order valence-electron chi connectivity index (χ2n) is 2.79. The minimum Gasteiger partial charge on any atom is -0.494 e. The van der Waals surface area contributed by atoms with Crippen LogP contribution in [0.2, 0.25) is 0 Å². The number of rotatable bonds is 4. The molecule has 0 aliphatic carbocycles. The van der Waals surface area contributed by atoms with Crippen LogP contribution in [0, 0.1) is 0 Å². The molecule has 1 rings (SSSR count). The predicted octanol–water partition coefficient (Wildman–Crippen LogP) is 1.81. The van der Waals surface area contributed by atoms with Gasteiger partial charge >= 0.3 is 9.05 Å². The van der Waals surface area contributed by atoms with Crippen LogP contribution in [0.5, 0.6) is 5.75 Å². The van der Waals surface area contributed by atoms with Crippen molar-refractivity contribution < 1.29 is 18.1 Å². The SMILES string of the molecule is CCOc1cccc(C[S+]=S(=O)(O)O)c1. The fraction of sp³-hybridized carbons (Fsp3) is 0.333. The maximum absolute atomic E-state index is 10.6. The van der Waals surface area contributed by atoms with Gasteiger partial charge in [0.1, 0.15) is 5.75 Å². The summed E-state index contributed by atoms with van der Waals surface area (Å²) in [6.45, 7) is 2.46. The molecule has 0 fully saturated rings. The van der Waals surface area contributed by atoms with Crippen molar-refractivity contribution in [1.29, 1.82) is 0 Å². The lowest BCUT2D eigenvalue weighted by atomic mass is 10.2. The van der Waals surface area contributed by atoms with Crippen LogP contribution in [0.15, 0.2) is 24.3 Å². The molecule has 15 heavy (non-hydrogen) atoms. The first-order chi connectivity index (χ1) is 7.01. The summed E-state index contributed by atoms with van der Waals surface area (Å²) in [5.74, 6) is 0.991. The van der Waals surface area contributed by atoms with Gasteiger partial charge in [-0.25, -0.2) is 0 Å². The molecule has 0 aliphatic rings. The number of hydrogen-bond acceptors (Lipinski definition) is 2. The molecule has 0 heterocycles. The average Bonchev–Trinajstić information content (AvgIpc) is 2.15. The van der Waals surface area contributed by atoms with Crippen molar-refractivity contribution in [2.75, 3.05) is 6.61 Å². The molecule has 0 spiro atoms. The smallest absolute Gasteiger partial charge is 0.430 e. The van der Waals surface area contributed by atoms with E-state index in [0.29, 0.717) is 16.9 Å². The van der Waals surface area contributed by atoms with Crippen LogP contribution in [0.25, 0.3) is 0 Å². The van der Waals surface area contributed by atoms with E-state index in [4.69, 9.17) is 13.8 Å². The van der Waals surface area contributed by atoms with E-state index in [2.05, 4.69) is 0 Å². The molecule has 0 amide bonds. The number of benzene rings is 1. The quantitative estimate of drug-likeness (QED) is 0.799. The van der Waals surface area contributed by atoms with Gasteiger partial charge in [0.15, 0.2) is 0 Å². The van der Waals surface area contributed by atoms with Gasteiger partial charge in [0.05, 0.1) is 6.61 Å². The van der Waals surface area contributed by atoms with Crippen LogP contribution in [0.3, 0.4) is 0 Å². The van der Waals surface area contributed by atoms with Gasteiger partial charge in [-0.3, -0.25) is 9.11 Å². The Morgan fingerprint density at radius 3 is 2.80 bits per heavy atom. The van der Waals surface area contributed by atoms with Crippen molar-refractivity contribution >= 4 is 19.4 Å². The van der Waals surface area contributed by atoms with Crippen LogP contribution in [-0.4, -0.2) is 19.9 Å². The van der Waals surface area contributed by atoms with Gasteiger partial charge in [-0.15, -0.1) is 0 Å². The molecule has 0 saturated carbocycles. The molecule has 1 aromatic carbocycles. The van der Waals surface area contributed by atoms with Crippen molar-refractivity contribution in [2.24, 2.45) is 0 Å². The van der Waals surface area contributed by atoms with Gasteiger partial charge in [0.2, 0.25) is 5.75 Å². The van der Waals surface area contributed by atoms with Crippen LogP contribution in [0.4, 0.5) is 0 Å². The lowest BCUT2D eigenvalue weighted by Crippen LogP contribution is -1.97. The average molecular weight is 249 g/mol. The largest absolute Gasteiger partial charge is 0.494 e. The normalized spacial score (nSPS) is 11.1. The molecule has 0 saturated heterocycles. The minimum atomic E-state index is -3.72. The second kappa shape index (κ2) is 5.41. The fourth-order valence-corrected chi connectivity index (χ4v) is 2.37. The molecule has 0 unspecified atom stereocenters.